The van der Waals surface area contributed by atoms with Crippen LogP contribution in [0.2, 0.25) is 0 Å². The number of hydrogen-bond donors (Lipinski definition) is 1. The summed E-state index contributed by atoms with van der Waals surface area (Å²) in [6.45, 7) is 10.7. The van der Waals surface area contributed by atoms with Crippen molar-refractivity contribution in [3.05, 3.63) is 65.3 Å². The molecule has 0 radical (unpaired) electrons. The van der Waals surface area contributed by atoms with Crippen molar-refractivity contribution in [2.75, 3.05) is 40.3 Å². The predicted molar refractivity (Wildman–Crippen MR) is 147 cm³/mol. The fourth-order valence-corrected chi connectivity index (χ4v) is 6.32. The van der Waals surface area contributed by atoms with Gasteiger partial charge in [-0.1, -0.05) is 50.2 Å². The number of aromatic nitrogens is 3. The topological polar surface area (TPSA) is 105 Å². The van der Waals surface area contributed by atoms with Gasteiger partial charge < -0.3 is 24.2 Å². The maximum atomic E-state index is 12.5. The van der Waals surface area contributed by atoms with Crippen LogP contribution in [0.1, 0.15) is 69.0 Å². The molecule has 2 saturated heterocycles. The smallest absolute Gasteiger partial charge is 0.259 e. The highest BCUT2D eigenvalue weighted by Gasteiger charge is 2.55. The number of carbonyl (C=O) groups excluding carboxylic acids is 1. The Labute approximate surface area is 230 Å². The summed E-state index contributed by atoms with van der Waals surface area (Å²) < 4.78 is 11.6. The molecule has 2 aliphatic heterocycles. The summed E-state index contributed by atoms with van der Waals surface area (Å²) in [6.07, 6.45) is 4.56. The highest BCUT2D eigenvalue weighted by Crippen LogP contribution is 2.50. The van der Waals surface area contributed by atoms with Gasteiger partial charge in [-0.25, -0.2) is 0 Å². The van der Waals surface area contributed by atoms with Gasteiger partial charge in [0, 0.05) is 82.0 Å². The standard InChI is InChI=1S/C30H39N5O4/c1-20(2)22-7-9-24(10-8-22)30(37,28(4)18-34(5)19-28)25-15-23(16-31-17-25)26-32-27(39-33-26)29(38-6)11-13-35(14-12-29)21(3)36/h7-10,15-17,20,37H,11-14,18-19H2,1-6H3. The van der Waals surface area contributed by atoms with E-state index in [4.69, 9.17) is 14.2 Å². The van der Waals surface area contributed by atoms with Crippen LogP contribution in [0, 0.1) is 5.41 Å². The molecule has 9 nitrogen and oxygen atoms in total. The van der Waals surface area contributed by atoms with Crippen LogP contribution in [0.4, 0.5) is 0 Å². The molecular formula is C30H39N5O4. The van der Waals surface area contributed by atoms with Crippen LogP contribution in [0.15, 0.2) is 47.2 Å². The molecule has 5 rings (SSSR count). The van der Waals surface area contributed by atoms with Crippen molar-refractivity contribution in [2.45, 2.75) is 57.7 Å². The summed E-state index contributed by atoms with van der Waals surface area (Å²) in [4.78, 5) is 25.0. The Hall–Kier alpha value is -3.14. The van der Waals surface area contributed by atoms with E-state index in [1.54, 1.807) is 31.3 Å². The van der Waals surface area contributed by atoms with Crippen molar-refractivity contribution in [2.24, 2.45) is 5.41 Å². The quantitative estimate of drug-likeness (QED) is 0.487. The molecule has 1 atom stereocenters. The van der Waals surface area contributed by atoms with Crippen LogP contribution in [-0.2, 0) is 20.7 Å². The van der Waals surface area contributed by atoms with Crippen LogP contribution in [0.5, 0.6) is 0 Å². The van der Waals surface area contributed by atoms with Crippen molar-refractivity contribution >= 4 is 5.91 Å². The van der Waals surface area contributed by atoms with Crippen molar-refractivity contribution in [3.8, 4) is 11.4 Å². The average Bonchev–Trinajstić information content (AvgIpc) is 3.43. The van der Waals surface area contributed by atoms with Gasteiger partial charge in [-0.15, -0.1) is 0 Å². The molecule has 4 heterocycles. The zero-order valence-electron chi connectivity index (χ0n) is 23.8. The molecule has 39 heavy (non-hydrogen) atoms. The summed E-state index contributed by atoms with van der Waals surface area (Å²) in [5.41, 5.74) is 0.992. The largest absolute Gasteiger partial charge is 0.380 e. The number of aliphatic hydroxyl groups is 1. The number of methoxy groups -OCH3 is 1. The van der Waals surface area contributed by atoms with Crippen molar-refractivity contribution < 1.29 is 19.2 Å². The number of carbonyl (C=O) groups is 1. The molecule has 2 aromatic heterocycles. The zero-order chi connectivity index (χ0) is 28.0. The second kappa shape index (κ2) is 10.1. The molecule has 1 aromatic carbocycles. The van der Waals surface area contributed by atoms with E-state index < -0.39 is 16.6 Å². The molecular weight excluding hydrogens is 494 g/mol. The number of amides is 1. The summed E-state index contributed by atoms with van der Waals surface area (Å²) in [6, 6.07) is 10.2. The highest BCUT2D eigenvalue weighted by atomic mass is 16.5. The SMILES string of the molecule is COC1(c2nc(-c3cncc(C(O)(c4ccc(C(C)C)cc4)C4(C)CN(C)C4)c3)no2)CCN(C(C)=O)CC1. The highest BCUT2D eigenvalue weighted by molar-refractivity contribution is 5.73. The van der Waals surface area contributed by atoms with E-state index in [1.165, 1.54) is 5.56 Å². The molecule has 0 aliphatic carbocycles. The van der Waals surface area contributed by atoms with Gasteiger partial charge in [0.25, 0.3) is 5.89 Å². The van der Waals surface area contributed by atoms with Crippen LogP contribution in [0.25, 0.3) is 11.4 Å². The van der Waals surface area contributed by atoms with Gasteiger partial charge in [-0.05, 0) is 30.2 Å². The lowest BCUT2D eigenvalue weighted by atomic mass is 9.62. The first-order valence-electron chi connectivity index (χ1n) is 13.6. The van der Waals surface area contributed by atoms with Gasteiger partial charge in [0.1, 0.15) is 11.2 Å². The zero-order valence-corrected chi connectivity index (χ0v) is 23.8. The Morgan fingerprint density at radius 2 is 1.79 bits per heavy atom. The lowest BCUT2D eigenvalue weighted by molar-refractivity contribution is -0.136. The molecule has 0 bridgehead atoms. The first-order valence-corrected chi connectivity index (χ1v) is 13.6. The Kier molecular flexibility index (Phi) is 7.11. The minimum atomic E-state index is -1.27. The molecule has 9 heteroatoms. The van der Waals surface area contributed by atoms with Crippen molar-refractivity contribution in [3.63, 3.8) is 0 Å². The van der Waals surface area contributed by atoms with E-state index in [0.717, 1.165) is 18.7 Å². The molecule has 2 aliphatic rings. The Morgan fingerprint density at radius 1 is 1.13 bits per heavy atom. The minimum Gasteiger partial charge on any atom is -0.380 e. The van der Waals surface area contributed by atoms with Gasteiger partial charge in [-0.3, -0.25) is 9.78 Å². The van der Waals surface area contributed by atoms with Crippen molar-refractivity contribution in [1.29, 1.82) is 0 Å². The molecule has 1 N–H and O–H groups in total. The molecule has 0 spiro atoms. The number of nitrogens with zero attached hydrogens (tertiary/aromatic N) is 5. The Morgan fingerprint density at radius 3 is 2.36 bits per heavy atom. The second-order valence-electron chi connectivity index (χ2n) is 11.8. The van der Waals surface area contributed by atoms with Gasteiger partial charge in [0.15, 0.2) is 0 Å². The number of hydrogen-bond acceptors (Lipinski definition) is 8. The summed E-state index contributed by atoms with van der Waals surface area (Å²) in [5, 5.41) is 16.8. The lowest BCUT2D eigenvalue weighted by Crippen LogP contribution is -2.63. The minimum absolute atomic E-state index is 0.0477. The number of ether oxygens (including phenoxy) is 1. The van der Waals surface area contributed by atoms with Crippen LogP contribution in [-0.4, -0.2) is 76.3 Å². The predicted octanol–water partition coefficient (Wildman–Crippen LogP) is 3.93. The maximum absolute atomic E-state index is 12.5. The van der Waals surface area contributed by atoms with Crippen molar-refractivity contribution in [1.82, 2.24) is 24.9 Å². The molecule has 3 aromatic rings. The second-order valence-corrected chi connectivity index (χ2v) is 11.8. The first-order chi connectivity index (χ1) is 18.5. The summed E-state index contributed by atoms with van der Waals surface area (Å²) in [5.74, 6) is 1.23. The number of benzene rings is 1. The van der Waals surface area contributed by atoms with E-state index in [2.05, 4.69) is 55.0 Å². The van der Waals surface area contributed by atoms with Crippen LogP contribution >= 0.6 is 0 Å². The maximum Gasteiger partial charge on any atom is 0.259 e. The number of likely N-dealkylation sites (tertiary alicyclic amines) is 2. The normalized spacial score (nSPS) is 20.5. The van der Waals surface area contributed by atoms with E-state index in [0.29, 0.717) is 54.7 Å². The molecule has 1 amide bonds. The third kappa shape index (κ3) is 4.66. The fraction of sp³-hybridized carbons (Fsp3) is 0.533. The molecule has 0 saturated carbocycles. The van der Waals surface area contributed by atoms with E-state index in [9.17, 15) is 9.90 Å². The van der Waals surface area contributed by atoms with Gasteiger partial charge in [-0.2, -0.15) is 4.98 Å². The number of rotatable bonds is 7. The number of piperidine rings is 1. The van der Waals surface area contributed by atoms with E-state index >= 15 is 0 Å². The molecule has 2 fully saturated rings. The average molecular weight is 534 g/mol. The van der Waals surface area contributed by atoms with E-state index in [1.807, 2.05) is 18.2 Å². The molecule has 1 unspecified atom stereocenters. The lowest BCUT2D eigenvalue weighted by Gasteiger charge is -2.55. The molecule has 208 valence electrons. The summed E-state index contributed by atoms with van der Waals surface area (Å²) in [7, 11) is 3.70. The number of pyridine rings is 1. The van der Waals surface area contributed by atoms with Crippen LogP contribution < -0.4 is 0 Å². The van der Waals surface area contributed by atoms with Gasteiger partial charge in [0.2, 0.25) is 11.7 Å². The Bertz CT molecular complexity index is 1320. The third-order valence-electron chi connectivity index (χ3n) is 8.74. The monoisotopic (exact) mass is 533 g/mol. The van der Waals surface area contributed by atoms with E-state index in [-0.39, 0.29) is 5.91 Å². The summed E-state index contributed by atoms with van der Waals surface area (Å²) >= 11 is 0. The Balaban J connectivity index is 1.50. The van der Waals surface area contributed by atoms with Gasteiger partial charge in [0.05, 0.1) is 0 Å². The first kappa shape index (κ1) is 27.4. The fourth-order valence-electron chi connectivity index (χ4n) is 6.32. The van der Waals surface area contributed by atoms with Crippen LogP contribution in [0.3, 0.4) is 0 Å². The third-order valence-corrected chi connectivity index (χ3v) is 8.74. The van der Waals surface area contributed by atoms with Gasteiger partial charge >= 0.3 is 0 Å².